The summed E-state index contributed by atoms with van der Waals surface area (Å²) in [5, 5.41) is 13.4. The van der Waals surface area contributed by atoms with Gasteiger partial charge >= 0.3 is 0 Å². The Labute approximate surface area is 189 Å². The predicted molar refractivity (Wildman–Crippen MR) is 123 cm³/mol. The fourth-order valence-corrected chi connectivity index (χ4v) is 3.69. The molecule has 0 radical (unpaired) electrons. The molecule has 2 aromatic carbocycles. The molecule has 8 nitrogen and oxygen atoms in total. The monoisotopic (exact) mass is 447 g/mol. The summed E-state index contributed by atoms with van der Waals surface area (Å²) in [4.78, 5) is 12.3. The number of aromatic nitrogens is 3. The number of hydrogen-bond acceptors (Lipinski definition) is 7. The zero-order valence-electron chi connectivity index (χ0n) is 17.6. The molecule has 4 aromatic rings. The van der Waals surface area contributed by atoms with Crippen LogP contribution in [-0.4, -0.2) is 39.2 Å². The molecule has 0 saturated carbocycles. The molecule has 2 aromatic heterocycles. The van der Waals surface area contributed by atoms with Gasteiger partial charge in [0.15, 0.2) is 11.0 Å². The van der Waals surface area contributed by atoms with E-state index >= 15 is 0 Å². The fourth-order valence-electron chi connectivity index (χ4n) is 2.95. The Bertz CT molecular complexity index is 1200. The first kappa shape index (κ1) is 21.4. The van der Waals surface area contributed by atoms with Crippen molar-refractivity contribution in [1.29, 1.82) is 0 Å². The normalized spacial score (nSPS) is 11.4. The van der Waals surface area contributed by atoms with Crippen LogP contribution in [0.25, 0.3) is 17.1 Å². The fraction of sp³-hybridized carbons (Fsp3) is 0.130. The maximum absolute atomic E-state index is 12.3. The van der Waals surface area contributed by atoms with E-state index in [2.05, 4.69) is 20.7 Å². The topological polar surface area (TPSA) is 94.5 Å². The lowest BCUT2D eigenvalue weighted by molar-refractivity contribution is -0.118. The minimum Gasteiger partial charge on any atom is -0.497 e. The number of thioether (sulfide) groups is 1. The number of methoxy groups -OCH3 is 1. The molecule has 0 spiro atoms. The molecule has 0 aliphatic heterocycles. The van der Waals surface area contributed by atoms with E-state index in [0.717, 1.165) is 17.0 Å². The highest BCUT2D eigenvalue weighted by molar-refractivity contribution is 7.99. The highest BCUT2D eigenvalue weighted by Gasteiger charge is 2.17. The van der Waals surface area contributed by atoms with Gasteiger partial charge in [-0.15, -0.1) is 10.2 Å². The maximum Gasteiger partial charge on any atom is 0.250 e. The third-order valence-electron chi connectivity index (χ3n) is 4.55. The Morgan fingerprint density at radius 1 is 1.09 bits per heavy atom. The van der Waals surface area contributed by atoms with Crippen LogP contribution in [0.2, 0.25) is 0 Å². The Morgan fingerprint density at radius 3 is 2.56 bits per heavy atom. The molecule has 0 fully saturated rings. The molecule has 0 atom stereocenters. The van der Waals surface area contributed by atoms with Gasteiger partial charge in [0.1, 0.15) is 17.2 Å². The van der Waals surface area contributed by atoms with Crippen LogP contribution in [0, 0.1) is 0 Å². The molecule has 0 aliphatic carbocycles. The zero-order chi connectivity index (χ0) is 22.3. The van der Waals surface area contributed by atoms with Crippen molar-refractivity contribution >= 4 is 23.4 Å². The smallest absolute Gasteiger partial charge is 0.250 e. The number of benzene rings is 2. The van der Waals surface area contributed by atoms with E-state index in [1.807, 2.05) is 59.2 Å². The van der Waals surface area contributed by atoms with Crippen molar-refractivity contribution in [3.63, 3.8) is 0 Å². The third kappa shape index (κ3) is 4.89. The van der Waals surface area contributed by atoms with Crippen LogP contribution in [0.4, 0.5) is 0 Å². The summed E-state index contributed by atoms with van der Waals surface area (Å²) in [7, 11) is 1.63. The molecule has 9 heteroatoms. The second-order valence-electron chi connectivity index (χ2n) is 6.70. The van der Waals surface area contributed by atoms with E-state index < -0.39 is 0 Å². The Hall–Kier alpha value is -3.85. The summed E-state index contributed by atoms with van der Waals surface area (Å²) in [6.07, 6.45) is 1.56. The summed E-state index contributed by atoms with van der Waals surface area (Å²) in [5.74, 6) is 1.91. The number of hydrogen-bond donors (Lipinski definition) is 1. The van der Waals surface area contributed by atoms with Crippen molar-refractivity contribution in [2.24, 2.45) is 5.10 Å². The Kier molecular flexibility index (Phi) is 6.66. The number of hydrazone groups is 1. The van der Waals surface area contributed by atoms with Crippen LogP contribution < -0.4 is 10.2 Å². The van der Waals surface area contributed by atoms with Gasteiger partial charge in [-0.3, -0.25) is 9.36 Å². The van der Waals surface area contributed by atoms with Gasteiger partial charge in [-0.05, 0) is 55.5 Å². The number of amides is 1. The van der Waals surface area contributed by atoms with E-state index in [9.17, 15) is 4.79 Å². The number of para-hydroxylation sites is 1. The maximum atomic E-state index is 12.3. The molecule has 4 rings (SSSR count). The van der Waals surface area contributed by atoms with Crippen molar-refractivity contribution in [3.05, 3.63) is 78.8 Å². The first-order valence-electron chi connectivity index (χ1n) is 9.81. The van der Waals surface area contributed by atoms with Crippen molar-refractivity contribution in [3.8, 4) is 22.8 Å². The molecule has 32 heavy (non-hydrogen) atoms. The van der Waals surface area contributed by atoms with Gasteiger partial charge in [0.25, 0.3) is 5.91 Å². The molecule has 0 unspecified atom stereocenters. The molecule has 1 amide bonds. The number of nitrogens with zero attached hydrogens (tertiary/aromatic N) is 4. The first-order chi connectivity index (χ1) is 15.7. The van der Waals surface area contributed by atoms with Crippen LogP contribution >= 0.6 is 11.8 Å². The van der Waals surface area contributed by atoms with E-state index in [0.29, 0.717) is 22.5 Å². The summed E-state index contributed by atoms with van der Waals surface area (Å²) >= 11 is 1.28. The Balaban J connectivity index is 1.54. The lowest BCUT2D eigenvalue weighted by Gasteiger charge is -2.10. The zero-order valence-corrected chi connectivity index (χ0v) is 18.4. The van der Waals surface area contributed by atoms with Crippen LogP contribution in [0.15, 0.2) is 87.7 Å². The summed E-state index contributed by atoms with van der Waals surface area (Å²) in [6, 6.07) is 20.9. The van der Waals surface area contributed by atoms with E-state index in [-0.39, 0.29) is 11.7 Å². The van der Waals surface area contributed by atoms with Gasteiger partial charge in [-0.1, -0.05) is 30.0 Å². The highest BCUT2D eigenvalue weighted by atomic mass is 32.2. The molecular weight excluding hydrogens is 426 g/mol. The van der Waals surface area contributed by atoms with Crippen molar-refractivity contribution in [2.75, 3.05) is 12.9 Å². The van der Waals surface area contributed by atoms with Gasteiger partial charge in [0.2, 0.25) is 0 Å². The average molecular weight is 448 g/mol. The van der Waals surface area contributed by atoms with E-state index in [1.165, 1.54) is 11.8 Å². The summed E-state index contributed by atoms with van der Waals surface area (Å²) < 4.78 is 12.4. The number of furan rings is 1. The van der Waals surface area contributed by atoms with Gasteiger partial charge in [0.05, 0.1) is 19.1 Å². The highest BCUT2D eigenvalue weighted by Crippen LogP contribution is 2.28. The number of carbonyl (C=O) groups is 1. The lowest BCUT2D eigenvalue weighted by Crippen LogP contribution is -2.21. The molecular formula is C23H21N5O3S. The molecule has 0 bridgehead atoms. The van der Waals surface area contributed by atoms with Gasteiger partial charge in [-0.25, -0.2) is 5.43 Å². The molecule has 162 valence electrons. The van der Waals surface area contributed by atoms with Crippen molar-refractivity contribution in [2.45, 2.75) is 12.1 Å². The van der Waals surface area contributed by atoms with Gasteiger partial charge in [0, 0.05) is 11.3 Å². The number of nitrogens with one attached hydrogen (secondary N) is 1. The molecule has 0 aliphatic rings. The summed E-state index contributed by atoms with van der Waals surface area (Å²) in [5.41, 5.74) is 4.92. The van der Waals surface area contributed by atoms with Crippen LogP contribution in [0.5, 0.6) is 5.75 Å². The van der Waals surface area contributed by atoms with Crippen LogP contribution in [0.1, 0.15) is 12.7 Å². The predicted octanol–water partition coefficient (Wildman–Crippen LogP) is 4.17. The third-order valence-corrected chi connectivity index (χ3v) is 5.48. The number of carbonyl (C=O) groups excluding carboxylic acids is 1. The second kappa shape index (κ2) is 9.97. The second-order valence-corrected chi connectivity index (χ2v) is 7.65. The van der Waals surface area contributed by atoms with Crippen molar-refractivity contribution < 1.29 is 13.9 Å². The lowest BCUT2D eigenvalue weighted by atomic mass is 10.2. The summed E-state index contributed by atoms with van der Waals surface area (Å²) in [6.45, 7) is 1.76. The van der Waals surface area contributed by atoms with Crippen LogP contribution in [0.3, 0.4) is 0 Å². The largest absolute Gasteiger partial charge is 0.497 e. The minimum absolute atomic E-state index is 0.127. The molecule has 0 saturated heterocycles. The first-order valence-corrected chi connectivity index (χ1v) is 10.8. The SMILES string of the molecule is COc1ccc(-c2nnc(SCC(=O)N/N=C(/C)c3ccco3)n2-c2ccccc2)cc1. The number of ether oxygens (including phenoxy) is 1. The van der Waals surface area contributed by atoms with Crippen molar-refractivity contribution in [1.82, 2.24) is 20.2 Å². The minimum atomic E-state index is -0.255. The van der Waals surface area contributed by atoms with Crippen LogP contribution in [-0.2, 0) is 4.79 Å². The quantitative estimate of drug-likeness (QED) is 0.248. The van der Waals surface area contributed by atoms with E-state index in [1.54, 1.807) is 32.4 Å². The van der Waals surface area contributed by atoms with Gasteiger partial charge in [-0.2, -0.15) is 5.10 Å². The van der Waals surface area contributed by atoms with E-state index in [4.69, 9.17) is 9.15 Å². The molecule has 1 N–H and O–H groups in total. The standard InChI is InChI=1S/C23H21N5O3S/c1-16(20-9-6-14-31-20)24-25-21(29)15-32-23-27-26-22(17-10-12-19(30-2)13-11-17)28(23)18-7-4-3-5-8-18/h3-14H,15H2,1-2H3,(H,25,29)/b24-16-. The molecule has 2 heterocycles. The van der Waals surface area contributed by atoms with Gasteiger partial charge < -0.3 is 9.15 Å². The Morgan fingerprint density at radius 2 is 1.88 bits per heavy atom. The number of rotatable bonds is 8. The average Bonchev–Trinajstić information content (AvgIpc) is 3.52.